The molecule has 7 heteroatoms. The number of carbonyl (C=O) groups is 1. The standard InChI is InChI=1S/C16H15BrN2O3S/c1-21-12-4-3-5-13(22-2)14(12)15(20)19-16(23)18-11-8-6-10(17)7-9-11/h3-9H,1-2H3,(H2,18,19,20,23). The van der Waals surface area contributed by atoms with E-state index in [0.717, 1.165) is 10.2 Å². The molecule has 0 fully saturated rings. The Kier molecular flexibility index (Phi) is 5.95. The number of anilines is 1. The molecule has 2 aromatic carbocycles. The fourth-order valence-corrected chi connectivity index (χ4v) is 2.41. The second kappa shape index (κ2) is 7.94. The molecular formula is C16H15BrN2O3S. The molecular weight excluding hydrogens is 380 g/mol. The van der Waals surface area contributed by atoms with Crippen molar-refractivity contribution in [1.29, 1.82) is 0 Å². The molecule has 1 amide bonds. The van der Waals surface area contributed by atoms with E-state index >= 15 is 0 Å². The Morgan fingerprint density at radius 1 is 1.04 bits per heavy atom. The maximum atomic E-state index is 12.5. The van der Waals surface area contributed by atoms with Crippen LogP contribution in [-0.4, -0.2) is 25.2 Å². The summed E-state index contributed by atoms with van der Waals surface area (Å²) in [6, 6.07) is 12.5. The molecule has 5 nitrogen and oxygen atoms in total. The maximum absolute atomic E-state index is 12.5. The lowest BCUT2D eigenvalue weighted by atomic mass is 10.1. The quantitative estimate of drug-likeness (QED) is 0.775. The van der Waals surface area contributed by atoms with Crippen LogP contribution < -0.4 is 20.1 Å². The summed E-state index contributed by atoms with van der Waals surface area (Å²) in [5.41, 5.74) is 1.06. The topological polar surface area (TPSA) is 59.6 Å². The third-order valence-electron chi connectivity index (χ3n) is 2.98. The first-order chi connectivity index (χ1) is 11.0. The van der Waals surface area contributed by atoms with Gasteiger partial charge in [0, 0.05) is 10.2 Å². The number of halogens is 1. The molecule has 2 N–H and O–H groups in total. The van der Waals surface area contributed by atoms with Crippen molar-refractivity contribution >= 4 is 44.9 Å². The monoisotopic (exact) mass is 394 g/mol. The number of thiocarbonyl (C=S) groups is 1. The minimum Gasteiger partial charge on any atom is -0.496 e. The van der Waals surface area contributed by atoms with E-state index in [4.69, 9.17) is 21.7 Å². The van der Waals surface area contributed by atoms with E-state index in [0.29, 0.717) is 11.5 Å². The first-order valence-electron chi connectivity index (χ1n) is 6.64. The number of amides is 1. The van der Waals surface area contributed by atoms with Gasteiger partial charge < -0.3 is 14.8 Å². The molecule has 23 heavy (non-hydrogen) atoms. The van der Waals surface area contributed by atoms with Crippen LogP contribution in [0.2, 0.25) is 0 Å². The summed E-state index contributed by atoms with van der Waals surface area (Å²) in [5, 5.41) is 5.75. The van der Waals surface area contributed by atoms with Gasteiger partial charge in [0.1, 0.15) is 17.1 Å². The Balaban J connectivity index is 2.12. The van der Waals surface area contributed by atoms with E-state index < -0.39 is 5.91 Å². The zero-order valence-electron chi connectivity index (χ0n) is 12.6. The van der Waals surface area contributed by atoms with Gasteiger partial charge in [-0.2, -0.15) is 0 Å². The lowest BCUT2D eigenvalue weighted by molar-refractivity contribution is 0.0971. The predicted molar refractivity (Wildman–Crippen MR) is 97.4 cm³/mol. The summed E-state index contributed by atoms with van der Waals surface area (Å²) < 4.78 is 11.4. The Bertz CT molecular complexity index is 698. The number of nitrogens with one attached hydrogen (secondary N) is 2. The van der Waals surface area contributed by atoms with E-state index in [1.807, 2.05) is 24.3 Å². The first-order valence-corrected chi connectivity index (χ1v) is 7.84. The van der Waals surface area contributed by atoms with Crippen molar-refractivity contribution in [3.8, 4) is 11.5 Å². The van der Waals surface area contributed by atoms with Crippen molar-refractivity contribution < 1.29 is 14.3 Å². The van der Waals surface area contributed by atoms with E-state index in [1.54, 1.807) is 18.2 Å². The van der Waals surface area contributed by atoms with E-state index in [-0.39, 0.29) is 10.7 Å². The first kappa shape index (κ1) is 17.2. The van der Waals surface area contributed by atoms with E-state index in [2.05, 4.69) is 26.6 Å². The van der Waals surface area contributed by atoms with Gasteiger partial charge in [0.15, 0.2) is 5.11 Å². The SMILES string of the molecule is COc1cccc(OC)c1C(=O)NC(=S)Nc1ccc(Br)cc1. The summed E-state index contributed by atoms with van der Waals surface area (Å²) in [6.45, 7) is 0. The molecule has 0 spiro atoms. The van der Waals surface area contributed by atoms with Crippen molar-refractivity contribution in [1.82, 2.24) is 5.32 Å². The average Bonchev–Trinajstić information content (AvgIpc) is 2.55. The minimum absolute atomic E-state index is 0.185. The van der Waals surface area contributed by atoms with Gasteiger partial charge in [0.2, 0.25) is 0 Å². The van der Waals surface area contributed by atoms with Crippen LogP contribution in [0, 0.1) is 0 Å². The largest absolute Gasteiger partial charge is 0.496 e. The molecule has 120 valence electrons. The highest BCUT2D eigenvalue weighted by Gasteiger charge is 2.19. The fourth-order valence-electron chi connectivity index (χ4n) is 1.94. The van der Waals surface area contributed by atoms with Crippen molar-refractivity contribution in [2.24, 2.45) is 0 Å². The molecule has 0 aliphatic carbocycles. The summed E-state index contributed by atoms with van der Waals surface area (Å²) in [4.78, 5) is 12.5. The smallest absolute Gasteiger partial charge is 0.264 e. The second-order valence-electron chi connectivity index (χ2n) is 4.45. The van der Waals surface area contributed by atoms with Gasteiger partial charge >= 0.3 is 0 Å². The number of carbonyl (C=O) groups excluding carboxylic acids is 1. The summed E-state index contributed by atoms with van der Waals surface area (Å²) in [6.07, 6.45) is 0. The van der Waals surface area contributed by atoms with Crippen LogP contribution in [0.1, 0.15) is 10.4 Å². The van der Waals surface area contributed by atoms with Crippen LogP contribution in [-0.2, 0) is 0 Å². The van der Waals surface area contributed by atoms with Crippen molar-refractivity contribution in [3.05, 3.63) is 52.5 Å². The Hall–Kier alpha value is -2.12. The molecule has 0 atom stereocenters. The molecule has 0 saturated heterocycles. The Labute approximate surface area is 148 Å². The van der Waals surface area contributed by atoms with Crippen molar-refractivity contribution in [2.75, 3.05) is 19.5 Å². The Morgan fingerprint density at radius 3 is 2.13 bits per heavy atom. The third-order valence-corrected chi connectivity index (χ3v) is 3.72. The zero-order chi connectivity index (χ0) is 16.8. The number of methoxy groups -OCH3 is 2. The Morgan fingerprint density at radius 2 is 1.61 bits per heavy atom. The molecule has 0 saturated carbocycles. The molecule has 0 bridgehead atoms. The highest BCUT2D eigenvalue weighted by atomic mass is 79.9. The van der Waals surface area contributed by atoms with Gasteiger partial charge in [-0.25, -0.2) is 0 Å². The van der Waals surface area contributed by atoms with Gasteiger partial charge in [-0.05, 0) is 48.6 Å². The normalized spacial score (nSPS) is 9.87. The van der Waals surface area contributed by atoms with Gasteiger partial charge in [0.05, 0.1) is 14.2 Å². The number of rotatable bonds is 4. The molecule has 2 rings (SSSR count). The highest BCUT2D eigenvalue weighted by Crippen LogP contribution is 2.28. The molecule has 0 unspecified atom stereocenters. The van der Waals surface area contributed by atoms with Gasteiger partial charge in [-0.3, -0.25) is 10.1 Å². The summed E-state index contributed by atoms with van der Waals surface area (Å²) in [7, 11) is 2.98. The van der Waals surface area contributed by atoms with Crippen LogP contribution in [0.5, 0.6) is 11.5 Å². The molecule has 0 radical (unpaired) electrons. The highest BCUT2D eigenvalue weighted by molar-refractivity contribution is 9.10. The van der Waals surface area contributed by atoms with E-state index in [1.165, 1.54) is 14.2 Å². The predicted octanol–water partition coefficient (Wildman–Crippen LogP) is 3.59. The summed E-state index contributed by atoms with van der Waals surface area (Å²) >= 11 is 8.52. The lowest BCUT2D eigenvalue weighted by Crippen LogP contribution is -2.34. The number of ether oxygens (including phenoxy) is 2. The van der Waals surface area contributed by atoms with Crippen molar-refractivity contribution in [3.63, 3.8) is 0 Å². The van der Waals surface area contributed by atoms with Crippen LogP contribution in [0.3, 0.4) is 0 Å². The number of hydrogen-bond donors (Lipinski definition) is 2. The van der Waals surface area contributed by atoms with Crippen molar-refractivity contribution in [2.45, 2.75) is 0 Å². The van der Waals surface area contributed by atoms with Crippen LogP contribution in [0.25, 0.3) is 0 Å². The zero-order valence-corrected chi connectivity index (χ0v) is 15.0. The van der Waals surface area contributed by atoms with Gasteiger partial charge in [-0.15, -0.1) is 0 Å². The van der Waals surface area contributed by atoms with E-state index in [9.17, 15) is 4.79 Å². The van der Waals surface area contributed by atoms with Crippen LogP contribution in [0.15, 0.2) is 46.9 Å². The molecule has 0 heterocycles. The molecule has 0 aromatic heterocycles. The van der Waals surface area contributed by atoms with Crippen LogP contribution >= 0.6 is 28.1 Å². The molecule has 2 aromatic rings. The number of benzene rings is 2. The van der Waals surface area contributed by atoms with Gasteiger partial charge in [0.25, 0.3) is 5.91 Å². The van der Waals surface area contributed by atoms with Crippen LogP contribution in [0.4, 0.5) is 5.69 Å². The maximum Gasteiger partial charge on any atom is 0.264 e. The average molecular weight is 395 g/mol. The second-order valence-corrected chi connectivity index (χ2v) is 5.78. The summed E-state index contributed by atoms with van der Waals surface area (Å²) in [5.74, 6) is 0.412. The lowest BCUT2D eigenvalue weighted by Gasteiger charge is -2.14. The fraction of sp³-hybridized carbons (Fsp3) is 0.125. The molecule has 0 aliphatic rings. The van der Waals surface area contributed by atoms with Gasteiger partial charge in [-0.1, -0.05) is 22.0 Å². The number of hydrogen-bond acceptors (Lipinski definition) is 4. The minimum atomic E-state index is -0.408. The third kappa shape index (κ3) is 4.43. The molecule has 0 aliphatic heterocycles.